The number of allylic oxidation sites excluding steroid dienone is 2. The largest absolute Gasteiger partial charge is 1.00 e. The average molecular weight is 170 g/mol. The van der Waals surface area contributed by atoms with Crippen molar-refractivity contribution in [1.82, 2.24) is 0 Å². The predicted molar refractivity (Wildman–Crippen MR) is 39.8 cm³/mol. The molecule has 2 heterocycles. The maximum absolute atomic E-state index is 4.16. The van der Waals surface area contributed by atoms with E-state index in [2.05, 4.69) is 9.98 Å². The summed E-state index contributed by atoms with van der Waals surface area (Å²) in [7, 11) is 0. The molecule has 4 heteroatoms. The first-order valence-electron chi connectivity index (χ1n) is 3.20. The highest BCUT2D eigenvalue weighted by atomic mass is 35.5. The topological polar surface area (TPSA) is 29.2 Å². The van der Waals surface area contributed by atoms with Gasteiger partial charge in [-0.05, 0) is 6.92 Å². The van der Waals surface area contributed by atoms with E-state index in [-0.39, 0.29) is 12.4 Å². The molecule has 0 amide bonds. The van der Waals surface area contributed by atoms with E-state index in [0.717, 1.165) is 11.4 Å². The molecule has 58 valence electrons. The van der Waals surface area contributed by atoms with Crippen LogP contribution in [0.4, 0.5) is 0 Å². The summed E-state index contributed by atoms with van der Waals surface area (Å²) in [6, 6.07) is 0. The number of quaternary nitrogens is 1. The quantitative estimate of drug-likeness (QED) is 0.394. The summed E-state index contributed by atoms with van der Waals surface area (Å²) in [5.41, 5.74) is 2.21. The Bertz CT molecular complexity index is 275. The molecule has 0 fully saturated rings. The van der Waals surface area contributed by atoms with E-state index in [1.165, 1.54) is 4.90 Å². The monoisotopic (exact) mass is 169 g/mol. The number of aliphatic imine (C=N–C) groups is 2. The Balaban J connectivity index is 0.000000605. The Labute approximate surface area is 71.2 Å². The standard InChI is InChI=1S/C7H7N3.ClH/c1-6-7-4-8-2-3-10(7)5-9-6;/h2-5H,1H3;1H. The average Bonchev–Trinajstić information content (AvgIpc) is 2.34. The normalized spacial score (nSPS) is 25.4. The summed E-state index contributed by atoms with van der Waals surface area (Å²) in [6.45, 7) is 1.99. The van der Waals surface area contributed by atoms with Crippen LogP contribution in [-0.4, -0.2) is 12.6 Å². The lowest BCUT2D eigenvalue weighted by Gasteiger charge is -2.04. The van der Waals surface area contributed by atoms with E-state index in [9.17, 15) is 0 Å². The molecule has 2 rings (SSSR count). The van der Waals surface area contributed by atoms with Crippen LogP contribution in [0, 0.1) is 0 Å². The van der Waals surface area contributed by atoms with Crippen LogP contribution < -0.4 is 17.3 Å². The van der Waals surface area contributed by atoms with E-state index < -0.39 is 0 Å². The molecule has 0 aromatic heterocycles. The number of fused-ring (bicyclic) bond motifs is 1. The number of hydrogen-bond donors (Lipinski definition) is 1. The van der Waals surface area contributed by atoms with Crippen molar-refractivity contribution in [3.8, 4) is 0 Å². The molecule has 1 unspecified atom stereocenters. The van der Waals surface area contributed by atoms with Gasteiger partial charge in [-0.2, -0.15) is 0 Å². The molecular weight excluding hydrogens is 162 g/mol. The molecule has 1 atom stereocenters. The number of halogens is 1. The molecular formula is C7H8ClN3. The molecule has 0 aliphatic carbocycles. The van der Waals surface area contributed by atoms with E-state index in [0.29, 0.717) is 0 Å². The van der Waals surface area contributed by atoms with Crippen LogP contribution in [0.3, 0.4) is 0 Å². The second-order valence-electron chi connectivity index (χ2n) is 2.31. The molecule has 0 aromatic carbocycles. The van der Waals surface area contributed by atoms with Crippen molar-refractivity contribution in [1.29, 1.82) is 0 Å². The molecule has 0 aromatic rings. The summed E-state index contributed by atoms with van der Waals surface area (Å²) in [6.07, 6.45) is 7.46. The fourth-order valence-electron chi connectivity index (χ4n) is 1.06. The number of nitrogens with one attached hydrogen (secondary N) is 1. The van der Waals surface area contributed by atoms with Crippen LogP contribution in [0.5, 0.6) is 0 Å². The van der Waals surface area contributed by atoms with Crippen LogP contribution in [0.2, 0.25) is 0 Å². The minimum Gasteiger partial charge on any atom is -1.00 e. The Morgan fingerprint density at radius 3 is 3.00 bits per heavy atom. The first-order valence-corrected chi connectivity index (χ1v) is 3.20. The van der Waals surface area contributed by atoms with Crippen molar-refractivity contribution >= 4 is 12.6 Å². The molecule has 11 heavy (non-hydrogen) atoms. The van der Waals surface area contributed by atoms with Gasteiger partial charge in [0.15, 0.2) is 12.0 Å². The zero-order valence-electron chi connectivity index (χ0n) is 6.08. The van der Waals surface area contributed by atoms with Gasteiger partial charge >= 0.3 is 0 Å². The van der Waals surface area contributed by atoms with Crippen molar-refractivity contribution in [3.05, 3.63) is 23.8 Å². The Morgan fingerprint density at radius 2 is 2.27 bits per heavy atom. The van der Waals surface area contributed by atoms with E-state index >= 15 is 0 Å². The molecule has 0 spiro atoms. The van der Waals surface area contributed by atoms with Gasteiger partial charge in [-0.25, -0.2) is 9.89 Å². The fourth-order valence-corrected chi connectivity index (χ4v) is 1.06. The van der Waals surface area contributed by atoms with Crippen molar-refractivity contribution in [2.45, 2.75) is 6.92 Å². The molecule has 2 aliphatic rings. The zero-order valence-corrected chi connectivity index (χ0v) is 6.84. The molecule has 1 N–H and O–H groups in total. The Kier molecular flexibility index (Phi) is 2.22. The van der Waals surface area contributed by atoms with Crippen molar-refractivity contribution in [2.75, 3.05) is 0 Å². The predicted octanol–water partition coefficient (Wildman–Crippen LogP) is -3.30. The first-order chi connectivity index (χ1) is 4.88. The van der Waals surface area contributed by atoms with Crippen LogP contribution >= 0.6 is 0 Å². The van der Waals surface area contributed by atoms with Gasteiger partial charge in [0.1, 0.15) is 11.9 Å². The lowest BCUT2D eigenvalue weighted by molar-refractivity contribution is -0.682. The van der Waals surface area contributed by atoms with Crippen LogP contribution in [0.25, 0.3) is 0 Å². The lowest BCUT2D eigenvalue weighted by atomic mass is 10.3. The number of hydrogen-bond acceptors (Lipinski definition) is 2. The molecule has 0 saturated heterocycles. The molecule has 0 bridgehead atoms. The summed E-state index contributed by atoms with van der Waals surface area (Å²) < 4.78 is 0. The molecule has 2 aliphatic heterocycles. The van der Waals surface area contributed by atoms with Gasteiger partial charge in [0.25, 0.3) is 0 Å². The fraction of sp³-hybridized carbons (Fsp3) is 0.143. The summed E-state index contributed by atoms with van der Waals surface area (Å²) >= 11 is 0. The molecule has 0 saturated carbocycles. The third-order valence-corrected chi connectivity index (χ3v) is 1.64. The molecule has 3 nitrogen and oxygen atoms in total. The van der Waals surface area contributed by atoms with Crippen molar-refractivity contribution in [2.24, 2.45) is 9.98 Å². The van der Waals surface area contributed by atoms with Gasteiger partial charge in [-0.15, -0.1) is 0 Å². The second-order valence-corrected chi connectivity index (χ2v) is 2.31. The highest BCUT2D eigenvalue weighted by Gasteiger charge is 2.19. The van der Waals surface area contributed by atoms with Crippen LogP contribution in [0.15, 0.2) is 33.8 Å². The summed E-state index contributed by atoms with van der Waals surface area (Å²) in [5.74, 6) is 0. The minimum atomic E-state index is 0. The van der Waals surface area contributed by atoms with E-state index in [1.807, 2.05) is 25.7 Å². The second kappa shape index (κ2) is 2.98. The van der Waals surface area contributed by atoms with E-state index in [4.69, 9.17) is 0 Å². The third-order valence-electron chi connectivity index (χ3n) is 1.64. The maximum Gasteiger partial charge on any atom is 0.198 e. The highest BCUT2D eigenvalue weighted by Crippen LogP contribution is 2.01. The van der Waals surface area contributed by atoms with Gasteiger partial charge in [0.05, 0.1) is 12.4 Å². The van der Waals surface area contributed by atoms with Crippen molar-refractivity contribution < 1.29 is 17.3 Å². The van der Waals surface area contributed by atoms with Gasteiger partial charge < -0.3 is 12.4 Å². The van der Waals surface area contributed by atoms with Gasteiger partial charge in [-0.1, -0.05) is 0 Å². The first kappa shape index (κ1) is 8.17. The van der Waals surface area contributed by atoms with Gasteiger partial charge in [0, 0.05) is 0 Å². The lowest BCUT2D eigenvalue weighted by Crippen LogP contribution is -3.04. The van der Waals surface area contributed by atoms with Gasteiger partial charge in [0.2, 0.25) is 0 Å². The van der Waals surface area contributed by atoms with Crippen LogP contribution in [0.1, 0.15) is 6.92 Å². The minimum absolute atomic E-state index is 0. The Hall–Kier alpha value is -0.930. The van der Waals surface area contributed by atoms with Crippen LogP contribution in [-0.2, 0) is 0 Å². The zero-order chi connectivity index (χ0) is 6.97. The van der Waals surface area contributed by atoms with Crippen molar-refractivity contribution in [3.63, 3.8) is 0 Å². The third kappa shape index (κ3) is 1.25. The highest BCUT2D eigenvalue weighted by molar-refractivity contribution is 5.81. The Morgan fingerprint density at radius 1 is 1.45 bits per heavy atom. The SMILES string of the molecule is CC1=C2C=NC=C[NH+]2C=N1.[Cl-]. The maximum atomic E-state index is 4.16. The van der Waals surface area contributed by atoms with Gasteiger partial charge in [-0.3, -0.25) is 4.99 Å². The smallest absolute Gasteiger partial charge is 0.198 e. The summed E-state index contributed by atoms with van der Waals surface area (Å²) in [4.78, 5) is 9.34. The number of nitrogens with zero attached hydrogens (tertiary/aromatic N) is 2. The van der Waals surface area contributed by atoms with E-state index in [1.54, 1.807) is 6.20 Å². The number of rotatable bonds is 0. The summed E-state index contributed by atoms with van der Waals surface area (Å²) in [5, 5.41) is 0. The molecule has 0 radical (unpaired) electrons.